The molecule has 0 aliphatic carbocycles. The van der Waals surface area contributed by atoms with Crippen LogP contribution in [0, 0.1) is 12.7 Å². The number of hydrogen-bond donors (Lipinski definition) is 1. The van der Waals surface area contributed by atoms with Crippen molar-refractivity contribution in [2.24, 2.45) is 0 Å². The number of halogens is 1. The molecule has 0 amide bonds. The summed E-state index contributed by atoms with van der Waals surface area (Å²) in [6, 6.07) is 10.7. The topological polar surface area (TPSA) is 63.5 Å². The molecule has 5 nitrogen and oxygen atoms in total. The Hall–Kier alpha value is -2.71. The molecule has 0 aliphatic heterocycles. The summed E-state index contributed by atoms with van der Waals surface area (Å²) in [4.78, 5) is 5.30. The summed E-state index contributed by atoms with van der Waals surface area (Å²) in [7, 11) is -3.85. The van der Waals surface area contributed by atoms with Gasteiger partial charge in [-0.05, 0) is 36.8 Å². The first-order valence-corrected chi connectivity index (χ1v) is 10.1. The highest BCUT2D eigenvalue weighted by Gasteiger charge is 2.16. The van der Waals surface area contributed by atoms with Gasteiger partial charge in [-0.3, -0.25) is 9.12 Å². The van der Waals surface area contributed by atoms with Crippen molar-refractivity contribution in [2.45, 2.75) is 11.8 Å². The fraction of sp³-hybridized carbons (Fsp3) is 0.0556. The minimum Gasteiger partial charge on any atom is -0.297 e. The van der Waals surface area contributed by atoms with Crippen molar-refractivity contribution in [3.63, 3.8) is 0 Å². The molecular weight excluding hydrogens is 373 g/mol. The number of thiazole rings is 1. The van der Waals surface area contributed by atoms with Crippen LogP contribution in [-0.4, -0.2) is 17.8 Å². The number of anilines is 1. The zero-order chi connectivity index (χ0) is 18.3. The summed E-state index contributed by atoms with van der Waals surface area (Å²) in [5.41, 5.74) is 2.49. The third-order valence-corrected chi connectivity index (χ3v) is 6.13. The van der Waals surface area contributed by atoms with Crippen LogP contribution in [-0.2, 0) is 10.0 Å². The molecule has 2 heterocycles. The number of fused-ring (bicyclic) bond motifs is 1. The number of benzene rings is 2. The van der Waals surface area contributed by atoms with Crippen LogP contribution in [0.25, 0.3) is 16.2 Å². The minimum absolute atomic E-state index is 0.112. The molecule has 0 saturated heterocycles. The van der Waals surface area contributed by atoms with E-state index < -0.39 is 15.8 Å². The van der Waals surface area contributed by atoms with Gasteiger partial charge in [-0.15, -0.1) is 11.3 Å². The van der Waals surface area contributed by atoms with E-state index in [1.165, 1.54) is 12.1 Å². The summed E-state index contributed by atoms with van der Waals surface area (Å²) in [6.07, 6.45) is 3.85. The molecule has 4 rings (SSSR count). The number of nitrogens with zero attached hydrogens (tertiary/aromatic N) is 2. The van der Waals surface area contributed by atoms with E-state index in [2.05, 4.69) is 9.71 Å². The molecule has 8 heteroatoms. The van der Waals surface area contributed by atoms with Gasteiger partial charge in [-0.25, -0.2) is 17.8 Å². The molecule has 1 N–H and O–H groups in total. The van der Waals surface area contributed by atoms with E-state index in [1.807, 2.05) is 22.2 Å². The molecule has 0 bridgehead atoms. The first kappa shape index (κ1) is 16.7. The lowest BCUT2D eigenvalue weighted by Crippen LogP contribution is -2.13. The van der Waals surface area contributed by atoms with Crippen LogP contribution in [0.1, 0.15) is 5.56 Å². The van der Waals surface area contributed by atoms with Crippen LogP contribution in [0.4, 0.5) is 10.1 Å². The molecule has 0 saturated carbocycles. The van der Waals surface area contributed by atoms with E-state index in [-0.39, 0.29) is 4.90 Å². The van der Waals surface area contributed by atoms with Crippen molar-refractivity contribution in [3.8, 4) is 11.3 Å². The third kappa shape index (κ3) is 3.09. The molecule has 0 aliphatic rings. The average Bonchev–Trinajstić information content (AvgIpc) is 3.19. The fourth-order valence-electron chi connectivity index (χ4n) is 2.53. The van der Waals surface area contributed by atoms with Crippen molar-refractivity contribution in [1.29, 1.82) is 0 Å². The summed E-state index contributed by atoms with van der Waals surface area (Å²) < 4.78 is 42.9. The molecule has 0 spiro atoms. The maximum absolute atomic E-state index is 13.6. The Bertz CT molecular complexity index is 1170. The lowest BCUT2D eigenvalue weighted by Gasteiger charge is -2.09. The Morgan fingerprint density at radius 1 is 1.15 bits per heavy atom. The smallest absolute Gasteiger partial charge is 0.261 e. The predicted octanol–water partition coefficient (Wildman–Crippen LogP) is 4.31. The second kappa shape index (κ2) is 6.22. The summed E-state index contributed by atoms with van der Waals surface area (Å²) in [5, 5.41) is 1.96. The van der Waals surface area contributed by atoms with Crippen LogP contribution in [0.3, 0.4) is 0 Å². The fourth-order valence-corrected chi connectivity index (χ4v) is 4.30. The van der Waals surface area contributed by atoms with Gasteiger partial charge in [0.1, 0.15) is 5.82 Å². The van der Waals surface area contributed by atoms with Crippen LogP contribution in [0.15, 0.2) is 65.1 Å². The van der Waals surface area contributed by atoms with Crippen molar-refractivity contribution < 1.29 is 12.8 Å². The van der Waals surface area contributed by atoms with Gasteiger partial charge in [0.25, 0.3) is 10.0 Å². The molecular formula is C18H14FN3O2S2. The zero-order valence-corrected chi connectivity index (χ0v) is 15.3. The lowest BCUT2D eigenvalue weighted by atomic mass is 10.1. The largest absolute Gasteiger partial charge is 0.297 e. The van der Waals surface area contributed by atoms with Crippen molar-refractivity contribution in [2.75, 3.05) is 4.72 Å². The third-order valence-electron chi connectivity index (χ3n) is 3.98. The van der Waals surface area contributed by atoms with Gasteiger partial charge in [-0.1, -0.05) is 18.2 Å². The quantitative estimate of drug-likeness (QED) is 0.567. The highest BCUT2D eigenvalue weighted by atomic mass is 32.2. The number of hydrogen-bond acceptors (Lipinski definition) is 4. The standard InChI is InChI=1S/C18H14FN3O2S2/c1-12-2-7-15(10-16(12)19)26(23,24)21-14-5-3-13(4-6-14)17-11-22-8-9-25-18(22)20-17/h2-11,21H,1H3. The van der Waals surface area contributed by atoms with Crippen molar-refractivity contribution in [3.05, 3.63) is 71.6 Å². The van der Waals surface area contributed by atoms with Gasteiger partial charge in [0.2, 0.25) is 0 Å². The molecule has 26 heavy (non-hydrogen) atoms. The molecule has 0 unspecified atom stereocenters. The van der Waals surface area contributed by atoms with Crippen molar-refractivity contribution in [1.82, 2.24) is 9.38 Å². The Kier molecular flexibility index (Phi) is 4.01. The minimum atomic E-state index is -3.85. The Morgan fingerprint density at radius 2 is 1.92 bits per heavy atom. The van der Waals surface area contributed by atoms with Gasteiger partial charge >= 0.3 is 0 Å². The number of aryl methyl sites for hydroxylation is 1. The van der Waals surface area contributed by atoms with Gasteiger partial charge in [-0.2, -0.15) is 0 Å². The summed E-state index contributed by atoms with van der Waals surface area (Å²) in [5.74, 6) is -0.553. The van der Waals surface area contributed by atoms with Crippen LogP contribution < -0.4 is 4.72 Å². The van der Waals surface area contributed by atoms with Crippen molar-refractivity contribution >= 4 is 32.0 Å². The van der Waals surface area contributed by atoms with E-state index in [0.717, 1.165) is 22.3 Å². The van der Waals surface area contributed by atoms with E-state index in [9.17, 15) is 12.8 Å². The number of imidazole rings is 1. The second-order valence-electron chi connectivity index (χ2n) is 5.81. The second-order valence-corrected chi connectivity index (χ2v) is 8.37. The molecule has 132 valence electrons. The van der Waals surface area contributed by atoms with E-state index >= 15 is 0 Å². The highest BCUT2D eigenvalue weighted by molar-refractivity contribution is 7.92. The van der Waals surface area contributed by atoms with E-state index in [4.69, 9.17) is 0 Å². The van der Waals surface area contributed by atoms with Gasteiger partial charge in [0, 0.05) is 29.0 Å². The van der Waals surface area contributed by atoms with E-state index in [1.54, 1.807) is 42.5 Å². The molecule has 0 atom stereocenters. The SMILES string of the molecule is Cc1ccc(S(=O)(=O)Nc2ccc(-c3cn4ccsc4n3)cc2)cc1F. The van der Waals surface area contributed by atoms with Gasteiger partial charge in [0.15, 0.2) is 4.96 Å². The normalized spacial score (nSPS) is 11.8. The zero-order valence-electron chi connectivity index (χ0n) is 13.7. The molecule has 0 radical (unpaired) electrons. The Morgan fingerprint density at radius 3 is 2.62 bits per heavy atom. The number of rotatable bonds is 4. The van der Waals surface area contributed by atoms with Crippen LogP contribution >= 0.6 is 11.3 Å². The molecule has 2 aromatic heterocycles. The maximum atomic E-state index is 13.6. The first-order valence-electron chi connectivity index (χ1n) is 7.74. The Labute approximate surface area is 153 Å². The van der Waals surface area contributed by atoms with Gasteiger partial charge in [0.05, 0.1) is 10.6 Å². The maximum Gasteiger partial charge on any atom is 0.261 e. The number of nitrogens with one attached hydrogen (secondary N) is 1. The lowest BCUT2D eigenvalue weighted by molar-refractivity contribution is 0.593. The molecule has 2 aromatic carbocycles. The monoisotopic (exact) mass is 387 g/mol. The van der Waals surface area contributed by atoms with Gasteiger partial charge < -0.3 is 0 Å². The number of aromatic nitrogens is 2. The Balaban J connectivity index is 1.58. The summed E-state index contributed by atoms with van der Waals surface area (Å²) in [6.45, 7) is 1.58. The van der Waals surface area contributed by atoms with Crippen LogP contribution in [0.5, 0.6) is 0 Å². The average molecular weight is 387 g/mol. The molecule has 4 aromatic rings. The molecule has 0 fully saturated rings. The highest BCUT2D eigenvalue weighted by Crippen LogP contribution is 2.24. The number of sulfonamides is 1. The van der Waals surface area contributed by atoms with Crippen LogP contribution in [0.2, 0.25) is 0 Å². The summed E-state index contributed by atoms with van der Waals surface area (Å²) >= 11 is 1.54. The van der Waals surface area contributed by atoms with E-state index in [0.29, 0.717) is 11.3 Å². The predicted molar refractivity (Wildman–Crippen MR) is 100 cm³/mol. The first-order chi connectivity index (χ1) is 12.4.